The van der Waals surface area contributed by atoms with Crippen LogP contribution in [-0.2, 0) is 0 Å². The molecule has 32 heavy (non-hydrogen) atoms. The first-order valence-electron chi connectivity index (χ1n) is 10.2. The molecule has 2 aliphatic rings. The number of rotatable bonds is 4. The number of halogens is 2. The zero-order valence-corrected chi connectivity index (χ0v) is 17.7. The highest BCUT2D eigenvalue weighted by Crippen LogP contribution is 2.29. The van der Waals surface area contributed by atoms with Gasteiger partial charge in [0.25, 0.3) is 11.8 Å². The van der Waals surface area contributed by atoms with E-state index in [1.54, 1.807) is 11.0 Å². The number of aromatic nitrogens is 2. The molecule has 164 valence electrons. The molecule has 2 aliphatic heterocycles. The van der Waals surface area contributed by atoms with Gasteiger partial charge in [0.2, 0.25) is 0 Å². The molecule has 10 heteroatoms. The third kappa shape index (κ3) is 3.87. The van der Waals surface area contributed by atoms with Crippen molar-refractivity contribution in [3.63, 3.8) is 0 Å². The van der Waals surface area contributed by atoms with Crippen molar-refractivity contribution in [1.82, 2.24) is 20.2 Å². The average molecular weight is 455 g/mol. The fourth-order valence-corrected chi connectivity index (χ4v) is 5.04. The van der Waals surface area contributed by atoms with Gasteiger partial charge in [-0.1, -0.05) is 6.07 Å². The number of amides is 2. The van der Waals surface area contributed by atoms with E-state index in [1.165, 1.54) is 23.8 Å². The molecule has 0 aliphatic carbocycles. The topological polar surface area (TPSA) is 87.2 Å². The number of pyridine rings is 1. The Morgan fingerprint density at radius 3 is 2.56 bits per heavy atom. The summed E-state index contributed by atoms with van der Waals surface area (Å²) < 4.78 is 28.1. The second kappa shape index (κ2) is 8.36. The molecule has 2 N–H and O–H groups in total. The number of hydrogen-bond donors (Lipinski definition) is 2. The lowest BCUT2D eigenvalue weighted by molar-refractivity contribution is 0.0698. The van der Waals surface area contributed by atoms with Crippen LogP contribution >= 0.6 is 11.3 Å². The quantitative estimate of drug-likeness (QED) is 0.630. The lowest BCUT2D eigenvalue weighted by Crippen LogP contribution is -2.53. The van der Waals surface area contributed by atoms with Gasteiger partial charge >= 0.3 is 0 Å². The molecule has 1 unspecified atom stereocenters. The number of carbonyl (C=O) groups is 2. The Kier molecular flexibility index (Phi) is 5.40. The molecule has 3 aromatic rings. The molecule has 2 fully saturated rings. The maximum Gasteiger partial charge on any atom is 0.275 e. The molecule has 2 aromatic heterocycles. The summed E-state index contributed by atoms with van der Waals surface area (Å²) in [6.07, 6.45) is 5.00. The Hall–Kier alpha value is -3.24. The van der Waals surface area contributed by atoms with Crippen molar-refractivity contribution in [2.75, 3.05) is 18.4 Å². The van der Waals surface area contributed by atoms with E-state index < -0.39 is 17.5 Å². The number of nitrogens with zero attached hydrogens (tertiary/aromatic N) is 3. The Labute approximate surface area is 186 Å². The summed E-state index contributed by atoms with van der Waals surface area (Å²) in [6, 6.07) is 5.70. The zero-order valence-electron chi connectivity index (χ0n) is 16.8. The van der Waals surface area contributed by atoms with Crippen LogP contribution < -0.4 is 10.6 Å². The maximum atomic E-state index is 14.0. The predicted molar refractivity (Wildman–Crippen MR) is 116 cm³/mol. The molecule has 2 bridgehead atoms. The van der Waals surface area contributed by atoms with E-state index in [0.29, 0.717) is 30.7 Å². The molecule has 2 atom stereocenters. The van der Waals surface area contributed by atoms with Gasteiger partial charge in [-0.05, 0) is 31.0 Å². The summed E-state index contributed by atoms with van der Waals surface area (Å²) in [6.45, 7) is 1.24. The van der Waals surface area contributed by atoms with Crippen LogP contribution in [-0.4, -0.2) is 51.9 Å². The third-order valence-corrected chi connectivity index (χ3v) is 6.58. The van der Waals surface area contributed by atoms with Crippen LogP contribution in [0.2, 0.25) is 0 Å². The van der Waals surface area contributed by atoms with Gasteiger partial charge in [0.15, 0.2) is 0 Å². The summed E-state index contributed by atoms with van der Waals surface area (Å²) in [5.74, 6) is -2.27. The monoisotopic (exact) mass is 455 g/mol. The van der Waals surface area contributed by atoms with E-state index in [1.807, 2.05) is 0 Å². The molecular formula is C22H19F2N5O2S. The van der Waals surface area contributed by atoms with E-state index in [2.05, 4.69) is 20.6 Å². The van der Waals surface area contributed by atoms with Crippen molar-refractivity contribution in [2.45, 2.75) is 24.9 Å². The molecule has 0 spiro atoms. The lowest BCUT2D eigenvalue weighted by atomic mass is 10.1. The van der Waals surface area contributed by atoms with Crippen LogP contribution in [0.25, 0.3) is 10.6 Å². The highest BCUT2D eigenvalue weighted by molar-refractivity contribution is 7.13. The van der Waals surface area contributed by atoms with Gasteiger partial charge in [-0.2, -0.15) is 0 Å². The first kappa shape index (κ1) is 20.7. The molecule has 2 amide bonds. The molecular weight excluding hydrogens is 436 g/mol. The Morgan fingerprint density at radius 2 is 1.84 bits per heavy atom. The van der Waals surface area contributed by atoms with Gasteiger partial charge in [-0.15, -0.1) is 11.3 Å². The highest BCUT2D eigenvalue weighted by Gasteiger charge is 2.35. The van der Waals surface area contributed by atoms with Crippen LogP contribution in [0, 0.1) is 11.6 Å². The third-order valence-electron chi connectivity index (χ3n) is 5.72. The minimum atomic E-state index is -0.753. The van der Waals surface area contributed by atoms with Gasteiger partial charge in [0.1, 0.15) is 22.3 Å². The number of hydrogen-bond acceptors (Lipinski definition) is 6. The van der Waals surface area contributed by atoms with E-state index in [4.69, 9.17) is 0 Å². The fourth-order valence-electron chi connectivity index (χ4n) is 4.20. The Balaban J connectivity index is 1.36. The summed E-state index contributed by atoms with van der Waals surface area (Å²) in [4.78, 5) is 35.8. The van der Waals surface area contributed by atoms with Crippen LogP contribution in [0.15, 0.2) is 42.0 Å². The number of piperazine rings is 1. The molecule has 1 aromatic carbocycles. The smallest absolute Gasteiger partial charge is 0.275 e. The van der Waals surface area contributed by atoms with Gasteiger partial charge in [-0.3, -0.25) is 14.6 Å². The first-order valence-corrected chi connectivity index (χ1v) is 11.1. The van der Waals surface area contributed by atoms with E-state index >= 15 is 0 Å². The highest BCUT2D eigenvalue weighted by atomic mass is 32.1. The van der Waals surface area contributed by atoms with Crippen LogP contribution in [0.5, 0.6) is 0 Å². The van der Waals surface area contributed by atoms with E-state index in [9.17, 15) is 18.4 Å². The Bertz CT molecular complexity index is 1170. The molecule has 7 nitrogen and oxygen atoms in total. The second-order valence-electron chi connectivity index (χ2n) is 7.86. The van der Waals surface area contributed by atoms with Gasteiger partial charge in [-0.25, -0.2) is 13.8 Å². The lowest BCUT2D eigenvalue weighted by Gasteiger charge is -2.33. The van der Waals surface area contributed by atoms with Gasteiger partial charge in [0.05, 0.1) is 23.0 Å². The van der Waals surface area contributed by atoms with Crippen molar-refractivity contribution in [2.24, 2.45) is 0 Å². The summed E-state index contributed by atoms with van der Waals surface area (Å²) in [7, 11) is 0. The predicted octanol–water partition coefficient (Wildman–Crippen LogP) is 3.31. The van der Waals surface area contributed by atoms with Crippen LogP contribution in [0.1, 0.15) is 33.7 Å². The van der Waals surface area contributed by atoms with Crippen molar-refractivity contribution < 1.29 is 18.4 Å². The second-order valence-corrected chi connectivity index (χ2v) is 8.72. The molecule has 5 rings (SSSR count). The minimum absolute atomic E-state index is 0.00452. The summed E-state index contributed by atoms with van der Waals surface area (Å²) in [5.41, 5.74) is 0.322. The minimum Gasteiger partial charge on any atom is -0.335 e. The fraction of sp³-hybridized carbons (Fsp3) is 0.273. The average Bonchev–Trinajstić information content (AvgIpc) is 3.40. The number of thiazole rings is 1. The zero-order chi connectivity index (χ0) is 22.2. The largest absolute Gasteiger partial charge is 0.335 e. The van der Waals surface area contributed by atoms with E-state index in [0.717, 1.165) is 36.3 Å². The Morgan fingerprint density at radius 1 is 1.12 bits per heavy atom. The van der Waals surface area contributed by atoms with Gasteiger partial charge < -0.3 is 15.5 Å². The molecule has 2 saturated heterocycles. The number of likely N-dealkylation sites (tertiary alicyclic amines) is 1. The number of anilines is 1. The van der Waals surface area contributed by atoms with Crippen LogP contribution in [0.3, 0.4) is 0 Å². The van der Waals surface area contributed by atoms with Crippen molar-refractivity contribution in [3.8, 4) is 10.6 Å². The van der Waals surface area contributed by atoms with Crippen LogP contribution in [0.4, 0.5) is 14.5 Å². The van der Waals surface area contributed by atoms with Crippen molar-refractivity contribution in [1.29, 1.82) is 0 Å². The summed E-state index contributed by atoms with van der Waals surface area (Å²) in [5, 5.41) is 7.63. The van der Waals surface area contributed by atoms with E-state index in [-0.39, 0.29) is 27.9 Å². The standard InChI is InChI=1S/C22H19F2N5O2S/c23-15-2-1-3-16(24)19(15)21-28-18(11-32-21)20(30)27-17-8-25-7-6-14(17)22(31)29-9-12-4-5-13(10-29)26-12/h1-3,6-8,11-13,26H,4-5,9-10H2,(H,27,30)/t12-,13?/m0/s1. The van der Waals surface area contributed by atoms with Gasteiger partial charge in [0, 0.05) is 36.8 Å². The SMILES string of the molecule is O=C(Nc1cnccc1C(=O)N1CC2CC[C@@H](C1)N2)c1csc(-c2c(F)cccc2F)n1. The molecule has 0 saturated carbocycles. The maximum absolute atomic E-state index is 14.0. The molecule has 0 radical (unpaired) electrons. The normalized spacial score (nSPS) is 19.8. The number of nitrogens with one attached hydrogen (secondary N) is 2. The van der Waals surface area contributed by atoms with Crippen molar-refractivity contribution in [3.05, 3.63) is 64.9 Å². The number of carbonyl (C=O) groups excluding carboxylic acids is 2. The van der Waals surface area contributed by atoms with Crippen molar-refractivity contribution >= 4 is 28.8 Å². The number of benzene rings is 1. The summed E-state index contributed by atoms with van der Waals surface area (Å²) >= 11 is 0.961. The first-order chi connectivity index (χ1) is 15.5. The number of fused-ring (bicyclic) bond motifs is 2. The molecule has 4 heterocycles.